The first-order valence-corrected chi connectivity index (χ1v) is 2.69. The molecule has 0 radical (unpaired) electrons. The number of hydrogen-bond donors (Lipinski definition) is 2. The van der Waals surface area contributed by atoms with E-state index in [0.29, 0.717) is 6.42 Å². The Morgan fingerprint density at radius 1 is 2.00 bits per heavy atom. The molecule has 46 valence electrons. The molecule has 0 aliphatic rings. The minimum Gasteiger partial charge on any atom is -0.292 e. The monoisotopic (exact) mass is 131 g/mol. The van der Waals surface area contributed by atoms with Crippen LogP contribution < -0.4 is 4.72 Å². The number of amides is 1. The third-order valence-electron chi connectivity index (χ3n) is 0.480. The van der Waals surface area contributed by atoms with Crippen LogP contribution in [0.3, 0.4) is 0 Å². The van der Waals surface area contributed by atoms with E-state index in [-0.39, 0.29) is 7.33 Å². The molecular weight excluding hydrogens is 122 g/mol. The van der Waals surface area contributed by atoms with Gasteiger partial charge in [-0.3, -0.25) is 9.52 Å². The number of carbonyl (C=O) groups is 1. The van der Waals surface area contributed by atoms with Crippen LogP contribution in [0.4, 0.5) is 0 Å². The first kappa shape index (κ1) is 7.38. The maximum absolute atomic E-state index is 10.2. The van der Waals surface area contributed by atoms with E-state index in [4.69, 9.17) is 0 Å². The van der Waals surface area contributed by atoms with Crippen LogP contribution in [-0.4, -0.2) is 5.91 Å². The molecule has 0 rings (SSSR count). The predicted molar refractivity (Wildman–Crippen MR) is 37.3 cm³/mol. The molecule has 3 heteroatoms. The van der Waals surface area contributed by atoms with Gasteiger partial charge < -0.3 is 0 Å². The standard InChI is InChI=1S/C5H7NOS.H2/c1-2-3-4-5(7)6-8;/h8H,2H2,1H3,(H,6,7);1H. The second-order valence-corrected chi connectivity index (χ2v) is 1.32. The highest BCUT2D eigenvalue weighted by molar-refractivity contribution is 7.78. The predicted octanol–water partition coefficient (Wildman–Crippen LogP) is 0.607. The van der Waals surface area contributed by atoms with Crippen LogP contribution >= 0.6 is 12.8 Å². The zero-order valence-corrected chi connectivity index (χ0v) is 5.46. The van der Waals surface area contributed by atoms with Gasteiger partial charge in [-0.2, -0.15) is 0 Å². The van der Waals surface area contributed by atoms with E-state index < -0.39 is 0 Å². The maximum atomic E-state index is 10.2. The molecule has 0 aromatic heterocycles. The Balaban J connectivity index is 0. The summed E-state index contributed by atoms with van der Waals surface area (Å²) in [6.45, 7) is 1.87. The average Bonchev–Trinajstić information content (AvgIpc) is 1.83. The molecule has 0 saturated carbocycles. The molecule has 8 heavy (non-hydrogen) atoms. The fraction of sp³-hybridized carbons (Fsp3) is 0.400. The van der Waals surface area contributed by atoms with Gasteiger partial charge in [-0.1, -0.05) is 25.7 Å². The van der Waals surface area contributed by atoms with Crippen molar-refractivity contribution in [2.75, 3.05) is 0 Å². The summed E-state index contributed by atoms with van der Waals surface area (Å²) in [6, 6.07) is 0. The highest BCUT2D eigenvalue weighted by Gasteiger charge is 1.83. The second-order valence-electron chi connectivity index (χ2n) is 1.10. The van der Waals surface area contributed by atoms with Gasteiger partial charge in [0, 0.05) is 7.85 Å². The molecular formula is C5H9NOS. The lowest BCUT2D eigenvalue weighted by atomic mass is 10.5. The van der Waals surface area contributed by atoms with Crippen LogP contribution in [0.5, 0.6) is 0 Å². The Hall–Kier alpha value is -0.620. The third-order valence-corrected chi connectivity index (χ3v) is 0.683. The first-order valence-electron chi connectivity index (χ1n) is 2.24. The van der Waals surface area contributed by atoms with Gasteiger partial charge in [-0.05, 0) is 5.92 Å². The van der Waals surface area contributed by atoms with Gasteiger partial charge in [0.1, 0.15) is 0 Å². The van der Waals surface area contributed by atoms with Crippen molar-refractivity contribution >= 4 is 18.7 Å². The summed E-state index contributed by atoms with van der Waals surface area (Å²) in [7, 11) is 0. The van der Waals surface area contributed by atoms with Crippen LogP contribution in [0, 0.1) is 11.8 Å². The fourth-order valence-corrected chi connectivity index (χ4v) is 0.253. The molecule has 0 aromatic carbocycles. The van der Waals surface area contributed by atoms with Crippen molar-refractivity contribution in [1.29, 1.82) is 0 Å². The van der Waals surface area contributed by atoms with E-state index in [1.54, 1.807) is 0 Å². The van der Waals surface area contributed by atoms with E-state index in [1.807, 2.05) is 6.92 Å². The first-order chi connectivity index (χ1) is 3.81. The fourth-order valence-electron chi connectivity index (χ4n) is 0.197. The molecule has 1 amide bonds. The summed E-state index contributed by atoms with van der Waals surface area (Å²) >= 11 is 3.49. The average molecular weight is 131 g/mol. The number of hydrogen-bond acceptors (Lipinski definition) is 2. The molecule has 0 saturated heterocycles. The Morgan fingerprint density at radius 3 is 3.00 bits per heavy atom. The molecule has 2 nitrogen and oxygen atoms in total. The van der Waals surface area contributed by atoms with Crippen LogP contribution in [-0.2, 0) is 4.79 Å². The lowest BCUT2D eigenvalue weighted by Crippen LogP contribution is -2.08. The van der Waals surface area contributed by atoms with Gasteiger partial charge in [-0.15, -0.1) is 0 Å². The van der Waals surface area contributed by atoms with Gasteiger partial charge in [0.15, 0.2) is 0 Å². The van der Waals surface area contributed by atoms with Crippen LogP contribution in [0.2, 0.25) is 0 Å². The van der Waals surface area contributed by atoms with E-state index in [0.717, 1.165) is 0 Å². The molecule has 0 spiro atoms. The van der Waals surface area contributed by atoms with Crippen molar-refractivity contribution in [1.82, 2.24) is 4.72 Å². The SMILES string of the molecule is CCC#CC(=O)NS.[HH]. The highest BCUT2D eigenvalue weighted by atomic mass is 32.1. The van der Waals surface area contributed by atoms with Gasteiger partial charge >= 0.3 is 5.91 Å². The van der Waals surface area contributed by atoms with E-state index >= 15 is 0 Å². The summed E-state index contributed by atoms with van der Waals surface area (Å²) in [5.41, 5.74) is 0. The minimum atomic E-state index is -0.352. The van der Waals surface area contributed by atoms with Crippen molar-refractivity contribution in [3.05, 3.63) is 0 Å². The number of carbonyl (C=O) groups excluding carboxylic acids is 1. The number of nitrogens with one attached hydrogen (secondary N) is 1. The lowest BCUT2D eigenvalue weighted by Gasteiger charge is -1.80. The van der Waals surface area contributed by atoms with Gasteiger partial charge in [0.25, 0.3) is 0 Å². The minimum absolute atomic E-state index is 0. The summed E-state index contributed by atoms with van der Waals surface area (Å²) in [5, 5.41) is 0. The molecule has 0 bridgehead atoms. The van der Waals surface area contributed by atoms with Crippen molar-refractivity contribution in [3.63, 3.8) is 0 Å². The van der Waals surface area contributed by atoms with E-state index in [9.17, 15) is 4.79 Å². The van der Waals surface area contributed by atoms with Crippen LogP contribution in [0.15, 0.2) is 0 Å². The van der Waals surface area contributed by atoms with E-state index in [2.05, 4.69) is 29.4 Å². The van der Waals surface area contributed by atoms with Crippen molar-refractivity contribution < 1.29 is 6.22 Å². The van der Waals surface area contributed by atoms with Crippen LogP contribution in [0.25, 0.3) is 0 Å². The number of thiol groups is 1. The van der Waals surface area contributed by atoms with Crippen LogP contribution in [0.1, 0.15) is 14.8 Å². The normalized spacial score (nSPS) is 6.75. The zero-order chi connectivity index (χ0) is 6.41. The Bertz CT molecular complexity index is 138. The van der Waals surface area contributed by atoms with Gasteiger partial charge in [-0.25, -0.2) is 0 Å². The Labute approximate surface area is 55.7 Å². The molecule has 0 unspecified atom stereocenters. The van der Waals surface area contributed by atoms with Crippen molar-refractivity contribution in [2.24, 2.45) is 0 Å². The van der Waals surface area contributed by atoms with Gasteiger partial charge in [0.05, 0.1) is 0 Å². The van der Waals surface area contributed by atoms with Gasteiger partial charge in [0.2, 0.25) is 0 Å². The molecule has 0 heterocycles. The zero-order valence-electron chi connectivity index (χ0n) is 4.56. The Morgan fingerprint density at radius 2 is 2.62 bits per heavy atom. The molecule has 0 atom stereocenters. The quantitative estimate of drug-likeness (QED) is 0.366. The highest BCUT2D eigenvalue weighted by Crippen LogP contribution is 1.68. The summed E-state index contributed by atoms with van der Waals surface area (Å²) < 4.78 is 2.08. The summed E-state index contributed by atoms with van der Waals surface area (Å²) in [5.74, 6) is 4.54. The van der Waals surface area contributed by atoms with Crippen molar-refractivity contribution in [2.45, 2.75) is 13.3 Å². The summed E-state index contributed by atoms with van der Waals surface area (Å²) in [6.07, 6.45) is 0.696. The lowest BCUT2D eigenvalue weighted by molar-refractivity contribution is -0.113. The van der Waals surface area contributed by atoms with Crippen molar-refractivity contribution in [3.8, 4) is 11.8 Å². The smallest absolute Gasteiger partial charge is 0.292 e. The largest absolute Gasteiger partial charge is 0.305 e. The third kappa shape index (κ3) is 3.57. The molecule has 0 aromatic rings. The molecule has 0 aliphatic carbocycles. The number of rotatable bonds is 0. The molecule has 0 fully saturated rings. The summed E-state index contributed by atoms with van der Waals surface area (Å²) in [4.78, 5) is 10.2. The van der Waals surface area contributed by atoms with E-state index in [1.165, 1.54) is 0 Å². The topological polar surface area (TPSA) is 29.1 Å². The maximum Gasteiger partial charge on any atom is 0.305 e. The molecule has 1 N–H and O–H groups in total. The Kier molecular flexibility index (Phi) is 4.19. The molecule has 0 aliphatic heterocycles. The second kappa shape index (κ2) is 4.54.